The van der Waals surface area contributed by atoms with E-state index in [4.69, 9.17) is 9.68 Å². The molecule has 0 bridgehead atoms. The fourth-order valence-corrected chi connectivity index (χ4v) is 2.75. The molecule has 0 aromatic heterocycles. The van der Waals surface area contributed by atoms with Crippen LogP contribution in [0, 0.1) is 20.2 Å². The van der Waals surface area contributed by atoms with Crippen molar-refractivity contribution in [3.8, 4) is 0 Å². The average Bonchev–Trinajstić information content (AvgIpc) is 2.80. The number of nitro groups is 2. The van der Waals surface area contributed by atoms with Crippen LogP contribution in [0.25, 0.3) is 0 Å². The molecule has 0 fully saturated rings. The Morgan fingerprint density at radius 2 is 1.12 bits per heavy atom. The molecule has 0 radical (unpaired) electrons. The Morgan fingerprint density at radius 3 is 1.56 bits per heavy atom. The van der Waals surface area contributed by atoms with Crippen LogP contribution in [0.1, 0.15) is 22.3 Å². The Labute approximate surface area is 182 Å². The molecule has 162 valence electrons. The average molecular weight is 434 g/mol. The normalized spacial score (nSPS) is 11.0. The zero-order valence-electron chi connectivity index (χ0n) is 16.7. The lowest BCUT2D eigenvalue weighted by Crippen LogP contribution is -1.96. The van der Waals surface area contributed by atoms with Crippen LogP contribution in [-0.4, -0.2) is 22.3 Å². The largest absolute Gasteiger partial charge is 0.391 e. The van der Waals surface area contributed by atoms with Crippen LogP contribution in [0.3, 0.4) is 0 Å². The molecule has 0 atom stereocenters. The van der Waals surface area contributed by atoms with Crippen molar-refractivity contribution in [2.45, 2.75) is 13.2 Å². The Balaban J connectivity index is 1.53. The van der Waals surface area contributed by atoms with E-state index in [9.17, 15) is 20.2 Å². The molecule has 0 aliphatic carbocycles. The molecule has 3 rings (SSSR count). The van der Waals surface area contributed by atoms with Crippen molar-refractivity contribution < 1.29 is 19.5 Å². The summed E-state index contributed by atoms with van der Waals surface area (Å²) in [6.45, 7) is 0.314. The Morgan fingerprint density at radius 1 is 0.688 bits per heavy atom. The highest BCUT2D eigenvalue weighted by Crippen LogP contribution is 2.16. The molecule has 0 unspecified atom stereocenters. The molecule has 0 saturated carbocycles. The second kappa shape index (κ2) is 11.0. The third-order valence-corrected chi connectivity index (χ3v) is 4.25. The monoisotopic (exact) mass is 434 g/mol. The van der Waals surface area contributed by atoms with Gasteiger partial charge in [0, 0.05) is 12.1 Å². The molecule has 0 spiro atoms. The number of para-hydroxylation sites is 2. The van der Waals surface area contributed by atoms with Crippen LogP contribution in [0.15, 0.2) is 83.1 Å². The molecular formula is C22H18N4O6. The lowest BCUT2D eigenvalue weighted by atomic mass is 10.1. The maximum Gasteiger partial charge on any atom is 0.278 e. The van der Waals surface area contributed by atoms with E-state index in [1.807, 2.05) is 24.3 Å². The van der Waals surface area contributed by atoms with E-state index in [2.05, 4.69) is 10.3 Å². The highest BCUT2D eigenvalue weighted by atomic mass is 16.6. The van der Waals surface area contributed by atoms with Crippen LogP contribution in [0.5, 0.6) is 0 Å². The second-order valence-corrected chi connectivity index (χ2v) is 6.47. The van der Waals surface area contributed by atoms with Gasteiger partial charge in [-0.25, -0.2) is 0 Å². The minimum absolute atomic E-state index is 0.0552. The number of hydrogen-bond acceptors (Lipinski definition) is 8. The standard InChI is InChI=1S/C22H18N4O6/c27-25(28)21-10-3-1-8-19(21)13-23-31-15-17-6-5-7-18(12-17)16-32-24-14-20-9-2-4-11-22(20)26(29)30/h1-14H,15-16H2/b23-13-,24-14-. The van der Waals surface area contributed by atoms with Crippen LogP contribution in [-0.2, 0) is 22.9 Å². The topological polar surface area (TPSA) is 129 Å². The number of oxime groups is 2. The zero-order valence-corrected chi connectivity index (χ0v) is 16.7. The van der Waals surface area contributed by atoms with Gasteiger partial charge in [0.15, 0.2) is 0 Å². The van der Waals surface area contributed by atoms with Crippen LogP contribution in [0.4, 0.5) is 11.4 Å². The maximum atomic E-state index is 11.0. The molecule has 10 heteroatoms. The van der Waals surface area contributed by atoms with Gasteiger partial charge in [0.25, 0.3) is 11.4 Å². The molecule has 3 aromatic rings. The fraction of sp³-hybridized carbons (Fsp3) is 0.0909. The van der Waals surface area contributed by atoms with E-state index in [1.165, 1.54) is 24.6 Å². The summed E-state index contributed by atoms with van der Waals surface area (Å²) in [6.07, 6.45) is 2.59. The molecule has 0 N–H and O–H groups in total. The summed E-state index contributed by atoms with van der Waals surface area (Å²) in [5.74, 6) is 0. The van der Waals surface area contributed by atoms with Crippen LogP contribution >= 0.6 is 0 Å². The third kappa shape index (κ3) is 6.20. The Kier molecular flexibility index (Phi) is 7.58. The molecular weight excluding hydrogens is 416 g/mol. The van der Waals surface area contributed by atoms with Gasteiger partial charge in [-0.05, 0) is 29.3 Å². The molecule has 0 aliphatic rings. The maximum absolute atomic E-state index is 11.0. The van der Waals surface area contributed by atoms with E-state index in [0.29, 0.717) is 11.1 Å². The Bertz CT molecular complexity index is 1080. The van der Waals surface area contributed by atoms with Crippen molar-refractivity contribution in [1.29, 1.82) is 0 Å². The van der Waals surface area contributed by atoms with Gasteiger partial charge >= 0.3 is 0 Å². The summed E-state index contributed by atoms with van der Waals surface area (Å²) in [4.78, 5) is 31.5. The SMILES string of the molecule is O=[N+]([O-])c1ccccc1/C=N\OCc1cccc(CO/N=C\c2ccccc2[N+](=O)[O-])c1. The number of rotatable bonds is 10. The van der Waals surface area contributed by atoms with Crippen molar-refractivity contribution in [3.05, 3.63) is 115 Å². The summed E-state index contributed by atoms with van der Waals surface area (Å²) < 4.78 is 0. The van der Waals surface area contributed by atoms with Crippen LogP contribution in [0.2, 0.25) is 0 Å². The Hall–Kier alpha value is -4.60. The summed E-state index contributed by atoms with van der Waals surface area (Å²) in [6, 6.07) is 19.8. The molecule has 3 aromatic carbocycles. The first kappa shape index (κ1) is 22.1. The smallest absolute Gasteiger partial charge is 0.278 e. The minimum atomic E-state index is -0.483. The zero-order chi connectivity index (χ0) is 22.8. The van der Waals surface area contributed by atoms with Gasteiger partial charge in [0.05, 0.1) is 33.4 Å². The summed E-state index contributed by atoms with van der Waals surface area (Å²) >= 11 is 0. The van der Waals surface area contributed by atoms with Gasteiger partial charge < -0.3 is 9.68 Å². The van der Waals surface area contributed by atoms with E-state index < -0.39 is 9.85 Å². The van der Waals surface area contributed by atoms with E-state index >= 15 is 0 Å². The van der Waals surface area contributed by atoms with Crippen molar-refractivity contribution in [2.24, 2.45) is 10.3 Å². The minimum Gasteiger partial charge on any atom is -0.391 e. The number of hydrogen-bond donors (Lipinski definition) is 0. The molecule has 32 heavy (non-hydrogen) atoms. The quantitative estimate of drug-likeness (QED) is 0.260. The number of nitro benzene ring substituents is 2. The molecule has 10 nitrogen and oxygen atoms in total. The predicted octanol–water partition coefficient (Wildman–Crippen LogP) is 4.60. The number of benzene rings is 3. The summed E-state index contributed by atoms with van der Waals surface area (Å²) in [7, 11) is 0. The van der Waals surface area contributed by atoms with Gasteiger partial charge in [-0.15, -0.1) is 0 Å². The van der Waals surface area contributed by atoms with Gasteiger partial charge in [0.2, 0.25) is 0 Å². The van der Waals surface area contributed by atoms with Crippen molar-refractivity contribution in [1.82, 2.24) is 0 Å². The van der Waals surface area contributed by atoms with Gasteiger partial charge in [-0.2, -0.15) is 0 Å². The van der Waals surface area contributed by atoms with E-state index in [1.54, 1.807) is 36.4 Å². The molecule has 0 saturated heterocycles. The van der Waals surface area contributed by atoms with Gasteiger partial charge in [-0.1, -0.05) is 52.8 Å². The first-order chi connectivity index (χ1) is 15.5. The molecule has 0 heterocycles. The van der Waals surface area contributed by atoms with E-state index in [0.717, 1.165) is 11.1 Å². The summed E-state index contributed by atoms with van der Waals surface area (Å²) in [5, 5.41) is 29.6. The van der Waals surface area contributed by atoms with Crippen molar-refractivity contribution in [3.63, 3.8) is 0 Å². The summed E-state index contributed by atoms with van der Waals surface area (Å²) in [5.41, 5.74) is 2.20. The van der Waals surface area contributed by atoms with Crippen molar-refractivity contribution >= 4 is 23.8 Å². The number of nitrogens with zero attached hydrogens (tertiary/aromatic N) is 4. The fourth-order valence-electron chi connectivity index (χ4n) is 2.75. The second-order valence-electron chi connectivity index (χ2n) is 6.47. The first-order valence-electron chi connectivity index (χ1n) is 9.40. The van der Waals surface area contributed by atoms with Gasteiger partial charge in [-0.3, -0.25) is 20.2 Å². The highest BCUT2D eigenvalue weighted by Gasteiger charge is 2.11. The van der Waals surface area contributed by atoms with Crippen molar-refractivity contribution in [2.75, 3.05) is 0 Å². The first-order valence-corrected chi connectivity index (χ1v) is 9.40. The lowest BCUT2D eigenvalue weighted by Gasteiger charge is -2.04. The van der Waals surface area contributed by atoms with E-state index in [-0.39, 0.29) is 24.6 Å². The molecule has 0 aliphatic heterocycles. The lowest BCUT2D eigenvalue weighted by molar-refractivity contribution is -0.385. The highest BCUT2D eigenvalue weighted by molar-refractivity contribution is 5.85. The van der Waals surface area contributed by atoms with Crippen LogP contribution < -0.4 is 0 Å². The third-order valence-electron chi connectivity index (χ3n) is 4.25. The molecule has 0 amide bonds. The van der Waals surface area contributed by atoms with Gasteiger partial charge in [0.1, 0.15) is 13.2 Å². The predicted molar refractivity (Wildman–Crippen MR) is 117 cm³/mol.